The molecule has 76 valence electrons. The van der Waals surface area contributed by atoms with Crippen molar-refractivity contribution in [2.75, 3.05) is 0 Å². The third kappa shape index (κ3) is 2.98. The summed E-state index contributed by atoms with van der Waals surface area (Å²) in [6.45, 7) is 0.472. The molecule has 1 heterocycles. The normalized spacial score (nSPS) is 9.79. The van der Waals surface area contributed by atoms with E-state index < -0.39 is 0 Å². The molecule has 0 aliphatic heterocycles. The zero-order valence-corrected chi connectivity index (χ0v) is 7.64. The Morgan fingerprint density at radius 2 is 2.43 bits per heavy atom. The zero-order chi connectivity index (χ0) is 10.4. The molecule has 0 aliphatic carbocycles. The highest BCUT2D eigenvalue weighted by molar-refractivity contribution is 5.74. The van der Waals surface area contributed by atoms with Gasteiger partial charge in [-0.05, 0) is 6.42 Å². The van der Waals surface area contributed by atoms with E-state index in [-0.39, 0.29) is 11.5 Å². The molecule has 0 saturated carbocycles. The molecule has 1 rings (SSSR count). The average molecular weight is 196 g/mol. The van der Waals surface area contributed by atoms with Crippen LogP contribution in [0.4, 0.5) is 0 Å². The van der Waals surface area contributed by atoms with Gasteiger partial charge >= 0.3 is 0 Å². The summed E-state index contributed by atoms with van der Waals surface area (Å²) >= 11 is 0. The van der Waals surface area contributed by atoms with E-state index in [1.807, 2.05) is 5.43 Å². The van der Waals surface area contributed by atoms with Crippen LogP contribution in [0.15, 0.2) is 23.4 Å². The Morgan fingerprint density at radius 1 is 1.64 bits per heavy atom. The fraction of sp³-hybridized carbons (Fsp3) is 0.375. The lowest BCUT2D eigenvalue weighted by Gasteiger charge is -2.02. The predicted molar refractivity (Wildman–Crippen MR) is 50.1 cm³/mol. The Labute approximate surface area is 80.7 Å². The second-order valence-electron chi connectivity index (χ2n) is 2.78. The Kier molecular flexibility index (Phi) is 3.81. The quantitative estimate of drug-likeness (QED) is 0.367. The van der Waals surface area contributed by atoms with Crippen LogP contribution in [-0.2, 0) is 11.3 Å². The number of carbonyl (C=O) groups is 1. The van der Waals surface area contributed by atoms with Gasteiger partial charge in [-0.15, -0.1) is 0 Å². The molecule has 0 unspecified atom stereocenters. The fourth-order valence-electron chi connectivity index (χ4n) is 1.03. The monoisotopic (exact) mass is 196 g/mol. The summed E-state index contributed by atoms with van der Waals surface area (Å²) in [6, 6.07) is 1.38. The second kappa shape index (κ2) is 5.13. The van der Waals surface area contributed by atoms with Gasteiger partial charge in [0.15, 0.2) is 0 Å². The molecule has 0 saturated heterocycles. The van der Waals surface area contributed by atoms with Crippen LogP contribution < -0.4 is 16.8 Å². The molecule has 0 aromatic carbocycles. The number of carbonyl (C=O) groups excluding carboxylic acids is 1. The van der Waals surface area contributed by atoms with E-state index in [0.717, 1.165) is 0 Å². The largest absolute Gasteiger partial charge is 0.299 e. The Hall–Kier alpha value is -1.69. The molecule has 0 bridgehead atoms. The van der Waals surface area contributed by atoms with Crippen molar-refractivity contribution in [2.45, 2.75) is 19.4 Å². The highest BCUT2D eigenvalue weighted by Gasteiger charge is 1.99. The maximum absolute atomic E-state index is 11.2. The highest BCUT2D eigenvalue weighted by Crippen LogP contribution is 1.91. The smallest absolute Gasteiger partial charge is 0.253 e. The molecule has 6 heteroatoms. The van der Waals surface area contributed by atoms with E-state index in [1.54, 1.807) is 0 Å². The summed E-state index contributed by atoms with van der Waals surface area (Å²) in [5.74, 6) is 4.67. The molecule has 6 nitrogen and oxygen atoms in total. The highest BCUT2D eigenvalue weighted by atomic mass is 16.2. The lowest BCUT2D eigenvalue weighted by Crippen LogP contribution is -2.30. The second-order valence-corrected chi connectivity index (χ2v) is 2.78. The number of hydrogen-bond donors (Lipinski definition) is 2. The first kappa shape index (κ1) is 10.4. The van der Waals surface area contributed by atoms with E-state index in [1.165, 1.54) is 23.2 Å². The van der Waals surface area contributed by atoms with Gasteiger partial charge in [0.2, 0.25) is 5.91 Å². The summed E-state index contributed by atoms with van der Waals surface area (Å²) in [5.41, 5.74) is 1.91. The van der Waals surface area contributed by atoms with Gasteiger partial charge in [-0.2, -0.15) is 0 Å². The van der Waals surface area contributed by atoms with Crippen LogP contribution in [0.2, 0.25) is 0 Å². The van der Waals surface area contributed by atoms with Crippen molar-refractivity contribution in [3.63, 3.8) is 0 Å². The van der Waals surface area contributed by atoms with Gasteiger partial charge in [-0.25, -0.2) is 10.8 Å². The molecule has 14 heavy (non-hydrogen) atoms. The molecule has 1 amide bonds. The minimum Gasteiger partial charge on any atom is -0.299 e. The maximum Gasteiger partial charge on any atom is 0.253 e. The van der Waals surface area contributed by atoms with Gasteiger partial charge < -0.3 is 0 Å². The number of hydrazine groups is 1. The molecule has 1 aromatic heterocycles. The van der Waals surface area contributed by atoms with Crippen LogP contribution in [0.3, 0.4) is 0 Å². The maximum atomic E-state index is 11.2. The minimum absolute atomic E-state index is 0.117. The van der Waals surface area contributed by atoms with E-state index in [4.69, 9.17) is 5.84 Å². The first-order chi connectivity index (χ1) is 6.74. The molecular weight excluding hydrogens is 184 g/mol. The molecule has 0 atom stereocenters. The summed E-state index contributed by atoms with van der Waals surface area (Å²) < 4.78 is 1.45. The van der Waals surface area contributed by atoms with Crippen LogP contribution in [0.5, 0.6) is 0 Å². The molecule has 0 radical (unpaired) electrons. The van der Waals surface area contributed by atoms with Gasteiger partial charge in [-0.3, -0.25) is 19.6 Å². The van der Waals surface area contributed by atoms with Crippen molar-refractivity contribution in [2.24, 2.45) is 5.84 Å². The average Bonchev–Trinajstić information content (AvgIpc) is 2.20. The van der Waals surface area contributed by atoms with Crippen molar-refractivity contribution in [3.8, 4) is 0 Å². The van der Waals surface area contributed by atoms with Crippen molar-refractivity contribution in [1.82, 2.24) is 15.0 Å². The molecule has 0 fully saturated rings. The standard InChI is InChI=1S/C8H12N4O2/c9-11-7(13)2-1-5-12-6-10-4-3-8(12)14/h3-4,6H,1-2,5,9H2,(H,11,13). The van der Waals surface area contributed by atoms with Crippen LogP contribution in [0, 0.1) is 0 Å². The number of amides is 1. The number of hydrogen-bond acceptors (Lipinski definition) is 4. The summed E-state index contributed by atoms with van der Waals surface area (Å²) in [7, 11) is 0. The fourth-order valence-corrected chi connectivity index (χ4v) is 1.03. The lowest BCUT2D eigenvalue weighted by molar-refractivity contribution is -0.121. The third-order valence-electron chi connectivity index (χ3n) is 1.76. The summed E-state index contributed by atoms with van der Waals surface area (Å²) in [5, 5.41) is 0. The van der Waals surface area contributed by atoms with Crippen molar-refractivity contribution in [3.05, 3.63) is 28.9 Å². The van der Waals surface area contributed by atoms with E-state index in [9.17, 15) is 9.59 Å². The van der Waals surface area contributed by atoms with E-state index in [2.05, 4.69) is 4.98 Å². The Morgan fingerprint density at radius 3 is 3.07 bits per heavy atom. The number of rotatable bonds is 4. The van der Waals surface area contributed by atoms with Gasteiger partial charge in [0, 0.05) is 25.2 Å². The zero-order valence-electron chi connectivity index (χ0n) is 7.64. The third-order valence-corrected chi connectivity index (χ3v) is 1.76. The molecular formula is C8H12N4O2. The van der Waals surface area contributed by atoms with Gasteiger partial charge in [0.05, 0.1) is 6.33 Å². The number of nitrogens with one attached hydrogen (secondary N) is 1. The first-order valence-corrected chi connectivity index (χ1v) is 4.24. The van der Waals surface area contributed by atoms with Gasteiger partial charge in [0.1, 0.15) is 0 Å². The number of aryl methyl sites for hydroxylation is 1. The van der Waals surface area contributed by atoms with Crippen molar-refractivity contribution >= 4 is 5.91 Å². The molecule has 0 spiro atoms. The minimum atomic E-state index is -0.234. The molecule has 0 aliphatic rings. The number of aromatic nitrogens is 2. The van der Waals surface area contributed by atoms with Crippen LogP contribution in [-0.4, -0.2) is 15.5 Å². The SMILES string of the molecule is NNC(=O)CCCn1cnccc1=O. The van der Waals surface area contributed by atoms with Crippen LogP contribution >= 0.6 is 0 Å². The summed E-state index contributed by atoms with van der Waals surface area (Å²) in [6.07, 6.45) is 3.75. The number of nitrogens with zero attached hydrogens (tertiary/aromatic N) is 2. The Balaban J connectivity index is 2.43. The van der Waals surface area contributed by atoms with Crippen molar-refractivity contribution < 1.29 is 4.79 Å². The molecule has 3 N–H and O–H groups in total. The first-order valence-electron chi connectivity index (χ1n) is 4.24. The van der Waals surface area contributed by atoms with Gasteiger partial charge in [-0.1, -0.05) is 0 Å². The Bertz CT molecular complexity index is 360. The topological polar surface area (TPSA) is 90.0 Å². The van der Waals surface area contributed by atoms with Gasteiger partial charge in [0.25, 0.3) is 5.56 Å². The van der Waals surface area contributed by atoms with Crippen molar-refractivity contribution in [1.29, 1.82) is 0 Å². The van der Waals surface area contributed by atoms with Crippen LogP contribution in [0.1, 0.15) is 12.8 Å². The van der Waals surface area contributed by atoms with Crippen LogP contribution in [0.25, 0.3) is 0 Å². The van der Waals surface area contributed by atoms with E-state index >= 15 is 0 Å². The summed E-state index contributed by atoms with van der Waals surface area (Å²) in [4.78, 5) is 25.7. The van der Waals surface area contributed by atoms with E-state index in [0.29, 0.717) is 19.4 Å². The number of nitrogens with two attached hydrogens (primary N) is 1. The lowest BCUT2D eigenvalue weighted by atomic mass is 10.3. The predicted octanol–water partition coefficient (Wildman–Crippen LogP) is -0.987. The molecule has 1 aromatic rings.